The van der Waals surface area contributed by atoms with E-state index in [1.807, 2.05) is 71.3 Å². The summed E-state index contributed by atoms with van der Waals surface area (Å²) in [5.74, 6) is 2.51. The minimum Gasteiger partial charge on any atom is -0.454 e. The van der Waals surface area contributed by atoms with E-state index < -0.39 is 0 Å². The van der Waals surface area contributed by atoms with Crippen molar-refractivity contribution in [1.82, 2.24) is 20.1 Å². The molecule has 0 spiro atoms. The molecule has 0 atom stereocenters. The Labute approximate surface area is 208 Å². The van der Waals surface area contributed by atoms with Gasteiger partial charge in [-0.2, -0.15) is 0 Å². The van der Waals surface area contributed by atoms with Crippen molar-refractivity contribution in [2.75, 3.05) is 19.1 Å². The standard InChI is InChI=1S/C27H26N4O3S/c32-25(28-15-7-10-20-8-3-1-4-9-20)18-35-27-30-29-26(22-11-5-2-6-12-22)31(27)17-21-13-14-23-24(16-21)34-19-33-23/h1-6,8-9,11-14,16H,7,10,15,17-19H2,(H,28,32). The Bertz CT molecular complexity index is 1280. The molecule has 0 bridgehead atoms. The van der Waals surface area contributed by atoms with Gasteiger partial charge in [0.15, 0.2) is 22.5 Å². The van der Waals surface area contributed by atoms with Crippen LogP contribution < -0.4 is 14.8 Å². The largest absolute Gasteiger partial charge is 0.454 e. The van der Waals surface area contributed by atoms with Gasteiger partial charge >= 0.3 is 0 Å². The molecule has 0 fully saturated rings. The Hall–Kier alpha value is -3.78. The lowest BCUT2D eigenvalue weighted by molar-refractivity contribution is -0.118. The van der Waals surface area contributed by atoms with Crippen LogP contribution in [0.25, 0.3) is 11.4 Å². The van der Waals surface area contributed by atoms with E-state index in [9.17, 15) is 4.79 Å². The highest BCUT2D eigenvalue weighted by atomic mass is 32.2. The molecule has 1 aliphatic rings. The van der Waals surface area contributed by atoms with Crippen LogP contribution in [0.4, 0.5) is 0 Å². The summed E-state index contributed by atoms with van der Waals surface area (Å²) in [7, 11) is 0. The van der Waals surface area contributed by atoms with E-state index in [1.165, 1.54) is 17.3 Å². The Morgan fingerprint density at radius 1 is 0.914 bits per heavy atom. The number of amides is 1. The van der Waals surface area contributed by atoms with Crippen molar-refractivity contribution < 1.29 is 14.3 Å². The van der Waals surface area contributed by atoms with Crippen LogP contribution in [0.1, 0.15) is 17.5 Å². The van der Waals surface area contributed by atoms with E-state index in [-0.39, 0.29) is 18.5 Å². The molecular weight excluding hydrogens is 460 g/mol. The number of rotatable bonds is 10. The number of benzene rings is 3. The van der Waals surface area contributed by atoms with Gasteiger partial charge in [0.2, 0.25) is 12.7 Å². The number of nitrogens with zero attached hydrogens (tertiary/aromatic N) is 3. The third kappa shape index (κ3) is 5.84. The smallest absolute Gasteiger partial charge is 0.231 e. The summed E-state index contributed by atoms with van der Waals surface area (Å²) in [5.41, 5.74) is 3.29. The zero-order valence-electron chi connectivity index (χ0n) is 19.2. The minimum absolute atomic E-state index is 0.0121. The molecule has 35 heavy (non-hydrogen) atoms. The molecular formula is C27H26N4O3S. The first-order valence-electron chi connectivity index (χ1n) is 11.6. The van der Waals surface area contributed by atoms with Crippen molar-refractivity contribution in [2.45, 2.75) is 24.5 Å². The second-order valence-electron chi connectivity index (χ2n) is 8.17. The van der Waals surface area contributed by atoms with Crippen molar-refractivity contribution in [3.05, 3.63) is 90.0 Å². The number of hydrogen-bond donors (Lipinski definition) is 1. The molecule has 0 unspecified atom stereocenters. The highest BCUT2D eigenvalue weighted by molar-refractivity contribution is 7.99. The molecule has 1 amide bonds. The molecule has 0 saturated heterocycles. The summed E-state index contributed by atoms with van der Waals surface area (Å²) in [6.45, 7) is 1.44. The van der Waals surface area contributed by atoms with E-state index in [0.29, 0.717) is 18.2 Å². The number of nitrogens with one attached hydrogen (secondary N) is 1. The van der Waals surface area contributed by atoms with Crippen molar-refractivity contribution in [2.24, 2.45) is 0 Å². The summed E-state index contributed by atoms with van der Waals surface area (Å²) in [6.07, 6.45) is 1.84. The molecule has 2 heterocycles. The molecule has 1 N–H and O–H groups in total. The average molecular weight is 487 g/mol. The number of ether oxygens (including phenoxy) is 2. The van der Waals surface area contributed by atoms with Gasteiger partial charge in [-0.05, 0) is 36.1 Å². The Kier molecular flexibility index (Phi) is 7.29. The van der Waals surface area contributed by atoms with Gasteiger partial charge in [-0.3, -0.25) is 9.36 Å². The zero-order chi connectivity index (χ0) is 23.9. The second-order valence-corrected chi connectivity index (χ2v) is 9.12. The molecule has 8 heteroatoms. The van der Waals surface area contributed by atoms with E-state index in [2.05, 4.69) is 27.6 Å². The lowest BCUT2D eigenvalue weighted by atomic mass is 10.1. The van der Waals surface area contributed by atoms with Crippen LogP contribution in [0.3, 0.4) is 0 Å². The summed E-state index contributed by atoms with van der Waals surface area (Å²) in [4.78, 5) is 12.5. The number of hydrogen-bond acceptors (Lipinski definition) is 6. The first-order chi connectivity index (χ1) is 17.3. The van der Waals surface area contributed by atoms with Crippen LogP contribution in [0.2, 0.25) is 0 Å². The maximum atomic E-state index is 12.5. The normalized spacial score (nSPS) is 12.0. The van der Waals surface area contributed by atoms with Gasteiger partial charge in [0.05, 0.1) is 12.3 Å². The number of carbonyl (C=O) groups is 1. The molecule has 1 aliphatic heterocycles. The molecule has 7 nitrogen and oxygen atoms in total. The summed E-state index contributed by atoms with van der Waals surface area (Å²) in [6, 6.07) is 26.1. The van der Waals surface area contributed by atoms with E-state index in [0.717, 1.165) is 41.3 Å². The first-order valence-corrected chi connectivity index (χ1v) is 12.6. The molecule has 1 aromatic heterocycles. The van der Waals surface area contributed by atoms with Gasteiger partial charge in [-0.1, -0.05) is 78.5 Å². The van der Waals surface area contributed by atoms with Crippen molar-refractivity contribution in [3.8, 4) is 22.9 Å². The van der Waals surface area contributed by atoms with Gasteiger partial charge in [0.25, 0.3) is 0 Å². The SMILES string of the molecule is O=C(CSc1nnc(-c2ccccc2)n1Cc1ccc2c(c1)OCO2)NCCCc1ccccc1. The van der Waals surface area contributed by atoms with E-state index >= 15 is 0 Å². The maximum absolute atomic E-state index is 12.5. The number of aryl methyl sites for hydroxylation is 1. The first kappa shape index (κ1) is 23.0. The van der Waals surface area contributed by atoms with Crippen LogP contribution >= 0.6 is 11.8 Å². The van der Waals surface area contributed by atoms with Gasteiger partial charge < -0.3 is 14.8 Å². The third-order valence-electron chi connectivity index (χ3n) is 5.67. The van der Waals surface area contributed by atoms with Crippen LogP contribution in [-0.4, -0.2) is 39.8 Å². The van der Waals surface area contributed by atoms with Crippen LogP contribution in [0.15, 0.2) is 84.0 Å². The number of carbonyl (C=O) groups excluding carboxylic acids is 1. The Morgan fingerprint density at radius 2 is 1.69 bits per heavy atom. The quantitative estimate of drug-likeness (QED) is 0.262. The van der Waals surface area contributed by atoms with Crippen LogP contribution in [0, 0.1) is 0 Å². The minimum atomic E-state index is -0.0121. The fourth-order valence-electron chi connectivity index (χ4n) is 3.91. The van der Waals surface area contributed by atoms with Gasteiger partial charge in [-0.15, -0.1) is 10.2 Å². The molecule has 0 aliphatic carbocycles. The topological polar surface area (TPSA) is 78.3 Å². The molecule has 0 radical (unpaired) electrons. The molecule has 4 aromatic rings. The number of fused-ring (bicyclic) bond motifs is 1. The number of aromatic nitrogens is 3. The molecule has 5 rings (SSSR count). The highest BCUT2D eigenvalue weighted by Crippen LogP contribution is 2.33. The van der Waals surface area contributed by atoms with E-state index in [4.69, 9.17) is 9.47 Å². The van der Waals surface area contributed by atoms with E-state index in [1.54, 1.807) is 0 Å². The van der Waals surface area contributed by atoms with Gasteiger partial charge in [0.1, 0.15) is 0 Å². The Morgan fingerprint density at radius 3 is 2.51 bits per heavy atom. The fourth-order valence-corrected chi connectivity index (χ4v) is 4.67. The van der Waals surface area contributed by atoms with Crippen LogP contribution in [-0.2, 0) is 17.8 Å². The molecule has 178 valence electrons. The number of thioether (sulfide) groups is 1. The van der Waals surface area contributed by atoms with Crippen molar-refractivity contribution in [1.29, 1.82) is 0 Å². The van der Waals surface area contributed by atoms with Crippen molar-refractivity contribution >= 4 is 17.7 Å². The molecule has 3 aromatic carbocycles. The van der Waals surface area contributed by atoms with Gasteiger partial charge in [-0.25, -0.2) is 0 Å². The fraction of sp³-hybridized carbons (Fsp3) is 0.222. The lowest BCUT2D eigenvalue weighted by Gasteiger charge is -2.11. The second kappa shape index (κ2) is 11.1. The summed E-state index contributed by atoms with van der Waals surface area (Å²) < 4.78 is 13.0. The predicted molar refractivity (Wildman–Crippen MR) is 136 cm³/mol. The average Bonchev–Trinajstić information content (AvgIpc) is 3.53. The molecule has 0 saturated carbocycles. The van der Waals surface area contributed by atoms with Crippen molar-refractivity contribution in [3.63, 3.8) is 0 Å². The lowest BCUT2D eigenvalue weighted by Crippen LogP contribution is -2.26. The monoisotopic (exact) mass is 486 g/mol. The predicted octanol–water partition coefficient (Wildman–Crippen LogP) is 4.56. The third-order valence-corrected chi connectivity index (χ3v) is 6.63. The maximum Gasteiger partial charge on any atom is 0.231 e. The zero-order valence-corrected chi connectivity index (χ0v) is 20.0. The Balaban J connectivity index is 1.24. The van der Waals surface area contributed by atoms with Gasteiger partial charge in [0, 0.05) is 12.1 Å². The summed E-state index contributed by atoms with van der Waals surface area (Å²) >= 11 is 1.39. The summed E-state index contributed by atoms with van der Waals surface area (Å²) in [5, 5.41) is 12.6. The highest BCUT2D eigenvalue weighted by Gasteiger charge is 2.18. The van der Waals surface area contributed by atoms with Crippen LogP contribution in [0.5, 0.6) is 11.5 Å².